The number of fused-ring (bicyclic) bond motifs is 1. The van der Waals surface area contributed by atoms with Gasteiger partial charge >= 0.3 is 0 Å². The van der Waals surface area contributed by atoms with Crippen LogP contribution in [0, 0.1) is 12.8 Å². The van der Waals surface area contributed by atoms with Crippen LogP contribution >= 0.6 is 0 Å². The van der Waals surface area contributed by atoms with E-state index in [0.717, 1.165) is 5.39 Å². The van der Waals surface area contributed by atoms with Crippen molar-refractivity contribution in [2.24, 2.45) is 5.92 Å². The van der Waals surface area contributed by atoms with Gasteiger partial charge in [-0.15, -0.1) is 0 Å². The molecule has 208 valence electrons. The van der Waals surface area contributed by atoms with Gasteiger partial charge in [0.25, 0.3) is 15.9 Å². The summed E-state index contributed by atoms with van der Waals surface area (Å²) in [6.07, 6.45) is -0.0278. The van der Waals surface area contributed by atoms with Crippen LogP contribution in [-0.4, -0.2) is 44.1 Å². The Morgan fingerprint density at radius 3 is 2.17 bits per heavy atom. The smallest absolute Gasteiger partial charge is 0.291 e. The third-order valence-corrected chi connectivity index (χ3v) is 7.92. The molecule has 9 nitrogen and oxygen atoms in total. The van der Waals surface area contributed by atoms with Crippen molar-refractivity contribution in [2.75, 3.05) is 18.4 Å². The van der Waals surface area contributed by atoms with E-state index < -0.39 is 33.7 Å². The van der Waals surface area contributed by atoms with Gasteiger partial charge in [-0.25, -0.2) is 13.1 Å². The van der Waals surface area contributed by atoms with E-state index in [1.807, 2.05) is 12.1 Å². The third-order valence-electron chi connectivity index (χ3n) is 6.57. The number of anilines is 1. The van der Waals surface area contributed by atoms with Gasteiger partial charge in [-0.2, -0.15) is 0 Å². The van der Waals surface area contributed by atoms with E-state index in [9.17, 15) is 22.8 Å². The number of benzene rings is 3. The normalized spacial score (nSPS) is 12.1. The lowest BCUT2D eigenvalue weighted by Gasteiger charge is -2.24. The highest BCUT2D eigenvalue weighted by molar-refractivity contribution is 7.90. The number of rotatable bonds is 10. The Morgan fingerprint density at radius 1 is 0.875 bits per heavy atom. The van der Waals surface area contributed by atoms with Crippen molar-refractivity contribution in [2.45, 2.75) is 32.1 Å². The first-order chi connectivity index (χ1) is 19.1. The molecule has 0 radical (unpaired) electrons. The molecule has 0 saturated heterocycles. The van der Waals surface area contributed by atoms with Crippen molar-refractivity contribution in [1.82, 2.24) is 9.62 Å². The van der Waals surface area contributed by atoms with Gasteiger partial charge in [0.1, 0.15) is 11.7 Å². The molecule has 4 aromatic rings. The Bertz CT molecular complexity index is 1640. The minimum atomic E-state index is -4.23. The zero-order valence-electron chi connectivity index (χ0n) is 22.5. The van der Waals surface area contributed by atoms with Gasteiger partial charge in [0.05, 0.1) is 4.90 Å². The Morgan fingerprint density at radius 2 is 1.55 bits per heavy atom. The molecule has 1 aromatic heterocycles. The van der Waals surface area contributed by atoms with Crippen molar-refractivity contribution in [1.29, 1.82) is 0 Å². The van der Waals surface area contributed by atoms with E-state index in [1.54, 1.807) is 75.4 Å². The van der Waals surface area contributed by atoms with E-state index in [4.69, 9.17) is 4.42 Å². The van der Waals surface area contributed by atoms with E-state index >= 15 is 0 Å². The molecule has 0 fully saturated rings. The molecule has 1 atom stereocenters. The summed E-state index contributed by atoms with van der Waals surface area (Å²) >= 11 is 0. The van der Waals surface area contributed by atoms with Crippen LogP contribution in [-0.2, 0) is 26.0 Å². The number of carbonyl (C=O) groups is 3. The van der Waals surface area contributed by atoms with Crippen LogP contribution in [0.2, 0.25) is 0 Å². The molecule has 1 unspecified atom stereocenters. The standard InChI is InChI=1S/C30H31N3O6S/c1-4-33(5-2)30(36)26(18-21-11-14-24(15-12-21)31-29(35)27-17-10-20(3)39-27)28(34)32-40(37,38)25-16-13-22-8-6-7-9-23(22)19-25/h6-17,19,26H,4-5,18H2,1-3H3,(H,31,35)(H,32,34). The summed E-state index contributed by atoms with van der Waals surface area (Å²) in [5, 5.41) is 4.30. The summed E-state index contributed by atoms with van der Waals surface area (Å²) in [6.45, 7) is 6.06. The molecular weight excluding hydrogens is 530 g/mol. The topological polar surface area (TPSA) is 126 Å². The average Bonchev–Trinajstić information content (AvgIpc) is 3.39. The molecule has 1 heterocycles. The number of nitrogens with one attached hydrogen (secondary N) is 2. The fourth-order valence-electron chi connectivity index (χ4n) is 4.35. The summed E-state index contributed by atoms with van der Waals surface area (Å²) in [6, 6.07) is 21.8. The first-order valence-corrected chi connectivity index (χ1v) is 14.4. The maximum atomic E-state index is 13.3. The first-order valence-electron chi connectivity index (χ1n) is 12.9. The molecular formula is C30H31N3O6S. The van der Waals surface area contributed by atoms with Gasteiger partial charge in [-0.1, -0.05) is 42.5 Å². The predicted octanol–water partition coefficient (Wildman–Crippen LogP) is 4.53. The largest absolute Gasteiger partial charge is 0.456 e. The van der Waals surface area contributed by atoms with Gasteiger partial charge in [-0.05, 0) is 79.9 Å². The van der Waals surface area contributed by atoms with Gasteiger partial charge < -0.3 is 14.6 Å². The minimum absolute atomic E-state index is 0.0278. The number of amides is 3. The lowest BCUT2D eigenvalue weighted by atomic mass is 9.97. The molecule has 0 bridgehead atoms. The Kier molecular flexibility index (Phi) is 8.69. The highest BCUT2D eigenvalue weighted by Gasteiger charge is 2.33. The molecule has 0 aliphatic carbocycles. The van der Waals surface area contributed by atoms with Gasteiger partial charge in [0.2, 0.25) is 11.8 Å². The Hall–Kier alpha value is -4.44. The zero-order chi connectivity index (χ0) is 28.9. The summed E-state index contributed by atoms with van der Waals surface area (Å²) in [5.41, 5.74) is 1.12. The van der Waals surface area contributed by atoms with Crippen LogP contribution in [0.5, 0.6) is 0 Å². The molecule has 2 N–H and O–H groups in total. The SMILES string of the molecule is CCN(CC)C(=O)C(Cc1ccc(NC(=O)c2ccc(C)o2)cc1)C(=O)NS(=O)(=O)c1ccc2ccccc2c1. The first kappa shape index (κ1) is 28.6. The van der Waals surface area contributed by atoms with E-state index in [0.29, 0.717) is 35.5 Å². The van der Waals surface area contributed by atoms with Gasteiger partial charge in [-0.3, -0.25) is 14.4 Å². The number of carbonyl (C=O) groups excluding carboxylic acids is 3. The van der Waals surface area contributed by atoms with Crippen molar-refractivity contribution in [3.63, 3.8) is 0 Å². The molecule has 10 heteroatoms. The molecule has 0 spiro atoms. The van der Waals surface area contributed by atoms with Gasteiger partial charge in [0.15, 0.2) is 5.76 Å². The lowest BCUT2D eigenvalue weighted by Crippen LogP contribution is -2.46. The molecule has 4 rings (SSSR count). The second kappa shape index (κ2) is 12.2. The van der Waals surface area contributed by atoms with Crippen molar-refractivity contribution < 1.29 is 27.2 Å². The highest BCUT2D eigenvalue weighted by atomic mass is 32.2. The number of aryl methyl sites for hydroxylation is 1. The van der Waals surface area contributed by atoms with E-state index in [2.05, 4.69) is 10.0 Å². The molecule has 0 aliphatic rings. The van der Waals surface area contributed by atoms with Crippen molar-refractivity contribution >= 4 is 44.2 Å². The maximum Gasteiger partial charge on any atom is 0.291 e. The molecule has 3 amide bonds. The number of furan rings is 1. The number of hydrogen-bond acceptors (Lipinski definition) is 6. The second-order valence-corrected chi connectivity index (χ2v) is 11.0. The van der Waals surface area contributed by atoms with Crippen molar-refractivity contribution in [3.8, 4) is 0 Å². The fourth-order valence-corrected chi connectivity index (χ4v) is 5.41. The third kappa shape index (κ3) is 6.58. The second-order valence-electron chi connectivity index (χ2n) is 9.31. The molecule has 0 aliphatic heterocycles. The Labute approximate surface area is 233 Å². The minimum Gasteiger partial charge on any atom is -0.456 e. The van der Waals surface area contributed by atoms with E-state index in [1.165, 1.54) is 17.0 Å². The number of nitrogens with zero attached hydrogens (tertiary/aromatic N) is 1. The van der Waals surface area contributed by atoms with Crippen LogP contribution in [0.15, 0.2) is 88.2 Å². The predicted molar refractivity (Wildman–Crippen MR) is 152 cm³/mol. The Balaban J connectivity index is 1.53. The van der Waals surface area contributed by atoms with Gasteiger partial charge in [0, 0.05) is 18.8 Å². The monoisotopic (exact) mass is 561 g/mol. The van der Waals surface area contributed by atoms with Crippen LogP contribution in [0.3, 0.4) is 0 Å². The lowest BCUT2D eigenvalue weighted by molar-refractivity contribution is -0.141. The summed E-state index contributed by atoms with van der Waals surface area (Å²) < 4.78 is 33.7. The van der Waals surface area contributed by atoms with Crippen LogP contribution in [0.1, 0.15) is 35.7 Å². The van der Waals surface area contributed by atoms with Crippen molar-refractivity contribution in [3.05, 3.63) is 95.9 Å². The number of sulfonamides is 1. The molecule has 40 heavy (non-hydrogen) atoms. The summed E-state index contributed by atoms with van der Waals surface area (Å²) in [5.74, 6) is -2.27. The summed E-state index contributed by atoms with van der Waals surface area (Å²) in [4.78, 5) is 40.5. The highest BCUT2D eigenvalue weighted by Crippen LogP contribution is 2.21. The maximum absolute atomic E-state index is 13.3. The zero-order valence-corrected chi connectivity index (χ0v) is 23.3. The van der Waals surface area contributed by atoms with Crippen LogP contribution in [0.4, 0.5) is 5.69 Å². The van der Waals surface area contributed by atoms with E-state index in [-0.39, 0.29) is 17.1 Å². The number of hydrogen-bond donors (Lipinski definition) is 2. The molecule has 0 saturated carbocycles. The molecule has 3 aromatic carbocycles. The van der Waals surface area contributed by atoms with Crippen LogP contribution < -0.4 is 10.0 Å². The van der Waals surface area contributed by atoms with Crippen LogP contribution in [0.25, 0.3) is 10.8 Å². The quantitative estimate of drug-likeness (QED) is 0.274. The summed E-state index contributed by atoms with van der Waals surface area (Å²) in [7, 11) is -4.23. The fraction of sp³-hybridized carbons (Fsp3) is 0.233. The average molecular weight is 562 g/mol.